The largest absolute Gasteiger partial charge is 0.477 e. The van der Waals surface area contributed by atoms with Crippen LogP contribution in [0.5, 0.6) is 10.9 Å². The molecule has 0 aliphatic carbocycles. The Hall–Kier alpha value is -1.47. The van der Waals surface area contributed by atoms with E-state index in [1.807, 2.05) is 0 Å². The molecule has 0 aliphatic rings. The number of carboxylic acids is 1. The van der Waals surface area contributed by atoms with Crippen LogP contribution in [0.1, 0.15) is 9.67 Å². The molecule has 0 radical (unpaired) electrons. The van der Waals surface area contributed by atoms with Crippen molar-refractivity contribution in [1.82, 2.24) is 4.98 Å². The molecule has 4 nitrogen and oxygen atoms in total. The summed E-state index contributed by atoms with van der Waals surface area (Å²) in [6, 6.07) is 5.82. The van der Waals surface area contributed by atoms with Crippen molar-refractivity contribution in [2.45, 2.75) is 0 Å². The van der Waals surface area contributed by atoms with Gasteiger partial charge in [-0.05, 0) is 28.1 Å². The fourth-order valence-electron chi connectivity index (χ4n) is 1.08. The first-order valence-corrected chi connectivity index (χ1v) is 6.01. The molecule has 0 unspecified atom stereocenters. The van der Waals surface area contributed by atoms with Gasteiger partial charge in [-0.25, -0.2) is 9.18 Å². The lowest BCUT2D eigenvalue weighted by molar-refractivity contribution is 0.0701. The van der Waals surface area contributed by atoms with Crippen molar-refractivity contribution in [3.63, 3.8) is 0 Å². The number of rotatable bonds is 3. The average molecular weight is 318 g/mol. The van der Waals surface area contributed by atoms with Gasteiger partial charge in [0.1, 0.15) is 9.48 Å². The molecule has 0 fully saturated rings. The van der Waals surface area contributed by atoms with Crippen molar-refractivity contribution < 1.29 is 19.0 Å². The molecule has 17 heavy (non-hydrogen) atoms. The first-order chi connectivity index (χ1) is 8.08. The molecule has 2 rings (SSSR count). The predicted octanol–water partition coefficient (Wildman–Crippen LogP) is 3.54. The number of thiazole rings is 1. The van der Waals surface area contributed by atoms with Crippen LogP contribution in [0.25, 0.3) is 0 Å². The number of para-hydroxylation sites is 1. The van der Waals surface area contributed by atoms with Crippen molar-refractivity contribution in [3.05, 3.63) is 39.6 Å². The van der Waals surface area contributed by atoms with Crippen LogP contribution in [0, 0.1) is 5.82 Å². The molecule has 1 aromatic carbocycles. The number of hydrogen-bond donors (Lipinski definition) is 1. The summed E-state index contributed by atoms with van der Waals surface area (Å²) in [6.45, 7) is 0. The molecular formula is C10H5BrFNO3S. The van der Waals surface area contributed by atoms with E-state index in [0.717, 1.165) is 11.3 Å². The summed E-state index contributed by atoms with van der Waals surface area (Å²) in [5, 5.41) is 8.88. The lowest BCUT2D eigenvalue weighted by Gasteiger charge is -2.01. The highest BCUT2D eigenvalue weighted by molar-refractivity contribution is 9.10. The summed E-state index contributed by atoms with van der Waals surface area (Å²) in [5.74, 6) is -1.64. The molecule has 1 aromatic heterocycles. The van der Waals surface area contributed by atoms with E-state index < -0.39 is 11.8 Å². The SMILES string of the molecule is O=C(O)c1sc(Oc2ccccc2F)nc1Br. The fraction of sp³-hybridized carbons (Fsp3) is 0. The summed E-state index contributed by atoms with van der Waals surface area (Å²) < 4.78 is 18.6. The van der Waals surface area contributed by atoms with E-state index in [1.165, 1.54) is 18.2 Å². The Balaban J connectivity index is 2.28. The number of carboxylic acid groups (broad SMARTS) is 1. The molecule has 1 heterocycles. The van der Waals surface area contributed by atoms with E-state index in [9.17, 15) is 9.18 Å². The Labute approximate surface area is 108 Å². The predicted molar refractivity (Wildman–Crippen MR) is 63.2 cm³/mol. The first kappa shape index (κ1) is 12.0. The zero-order valence-electron chi connectivity index (χ0n) is 8.18. The third kappa shape index (κ3) is 2.62. The number of benzene rings is 1. The summed E-state index contributed by atoms with van der Waals surface area (Å²) in [4.78, 5) is 14.6. The Bertz CT molecular complexity index is 572. The Morgan fingerprint density at radius 3 is 2.76 bits per heavy atom. The van der Waals surface area contributed by atoms with Crippen LogP contribution in [0.2, 0.25) is 0 Å². The second-order valence-corrected chi connectivity index (χ2v) is 4.65. The van der Waals surface area contributed by atoms with Crippen LogP contribution in [-0.2, 0) is 0 Å². The highest BCUT2D eigenvalue weighted by Gasteiger charge is 2.17. The van der Waals surface area contributed by atoms with Crippen molar-refractivity contribution >= 4 is 33.2 Å². The van der Waals surface area contributed by atoms with Gasteiger partial charge < -0.3 is 9.84 Å². The second-order valence-electron chi connectivity index (χ2n) is 2.94. The monoisotopic (exact) mass is 317 g/mol. The molecule has 1 N–H and O–H groups in total. The number of hydrogen-bond acceptors (Lipinski definition) is 4. The lowest BCUT2D eigenvalue weighted by Crippen LogP contribution is -1.91. The number of ether oxygens (including phenoxy) is 1. The molecule has 88 valence electrons. The van der Waals surface area contributed by atoms with E-state index in [-0.39, 0.29) is 20.4 Å². The van der Waals surface area contributed by atoms with Gasteiger partial charge in [0.15, 0.2) is 11.6 Å². The van der Waals surface area contributed by atoms with E-state index in [1.54, 1.807) is 6.07 Å². The molecule has 0 spiro atoms. The van der Waals surface area contributed by atoms with Crippen molar-refractivity contribution in [3.8, 4) is 10.9 Å². The van der Waals surface area contributed by atoms with Crippen LogP contribution >= 0.6 is 27.3 Å². The quantitative estimate of drug-likeness (QED) is 0.940. The third-order valence-electron chi connectivity index (χ3n) is 1.79. The number of halogens is 2. The fourth-order valence-corrected chi connectivity index (χ4v) is 2.43. The van der Waals surface area contributed by atoms with Gasteiger partial charge in [0.25, 0.3) is 5.19 Å². The normalized spacial score (nSPS) is 10.2. The third-order valence-corrected chi connectivity index (χ3v) is 3.55. The van der Waals surface area contributed by atoms with Gasteiger partial charge in [-0.1, -0.05) is 23.5 Å². The zero-order chi connectivity index (χ0) is 12.4. The van der Waals surface area contributed by atoms with Gasteiger partial charge in [0, 0.05) is 0 Å². The highest BCUT2D eigenvalue weighted by atomic mass is 79.9. The molecule has 0 saturated carbocycles. The topological polar surface area (TPSA) is 59.4 Å². The number of aromatic carboxylic acids is 1. The van der Waals surface area contributed by atoms with Crippen LogP contribution < -0.4 is 4.74 Å². The Morgan fingerprint density at radius 1 is 1.47 bits per heavy atom. The van der Waals surface area contributed by atoms with Gasteiger partial charge in [-0.2, -0.15) is 4.98 Å². The maximum Gasteiger partial charge on any atom is 0.348 e. The van der Waals surface area contributed by atoms with Crippen LogP contribution in [0.15, 0.2) is 28.9 Å². The smallest absolute Gasteiger partial charge is 0.348 e. The molecule has 0 atom stereocenters. The summed E-state index contributed by atoms with van der Waals surface area (Å²) in [5.41, 5.74) is 0. The highest BCUT2D eigenvalue weighted by Crippen LogP contribution is 2.32. The average Bonchev–Trinajstić information content (AvgIpc) is 2.63. The Morgan fingerprint density at radius 2 is 2.18 bits per heavy atom. The van der Waals surface area contributed by atoms with E-state index in [4.69, 9.17) is 9.84 Å². The Kier molecular flexibility index (Phi) is 3.39. The van der Waals surface area contributed by atoms with E-state index >= 15 is 0 Å². The summed E-state index contributed by atoms with van der Waals surface area (Å²) in [7, 11) is 0. The molecule has 0 aliphatic heterocycles. The van der Waals surface area contributed by atoms with Gasteiger partial charge in [0.05, 0.1) is 0 Å². The van der Waals surface area contributed by atoms with Gasteiger partial charge in [-0.3, -0.25) is 0 Å². The molecule has 2 aromatic rings. The lowest BCUT2D eigenvalue weighted by atomic mass is 10.3. The number of aromatic nitrogens is 1. The van der Waals surface area contributed by atoms with Crippen molar-refractivity contribution in [2.24, 2.45) is 0 Å². The van der Waals surface area contributed by atoms with Crippen LogP contribution in [0.3, 0.4) is 0 Å². The minimum atomic E-state index is -1.11. The van der Waals surface area contributed by atoms with Crippen LogP contribution in [0.4, 0.5) is 4.39 Å². The molecule has 0 amide bonds. The van der Waals surface area contributed by atoms with Gasteiger partial charge >= 0.3 is 5.97 Å². The maximum absolute atomic E-state index is 13.3. The second kappa shape index (κ2) is 4.80. The number of nitrogens with zero attached hydrogens (tertiary/aromatic N) is 1. The molecule has 0 bridgehead atoms. The molecule has 0 saturated heterocycles. The molecule has 7 heteroatoms. The van der Waals surface area contributed by atoms with Crippen molar-refractivity contribution in [2.75, 3.05) is 0 Å². The van der Waals surface area contributed by atoms with Gasteiger partial charge in [0.2, 0.25) is 0 Å². The zero-order valence-corrected chi connectivity index (χ0v) is 10.6. The minimum absolute atomic E-state index is 0.00527. The summed E-state index contributed by atoms with van der Waals surface area (Å²) >= 11 is 3.82. The standard InChI is InChI=1S/C10H5BrFNO3S/c11-8-7(9(14)15)17-10(13-8)16-6-4-2-1-3-5(6)12/h1-4H,(H,14,15). The minimum Gasteiger partial charge on any atom is -0.477 e. The summed E-state index contributed by atoms with van der Waals surface area (Å²) in [6.07, 6.45) is 0. The van der Waals surface area contributed by atoms with Crippen molar-refractivity contribution in [1.29, 1.82) is 0 Å². The maximum atomic E-state index is 13.3. The molecular weight excluding hydrogens is 313 g/mol. The van der Waals surface area contributed by atoms with E-state index in [0.29, 0.717) is 0 Å². The van der Waals surface area contributed by atoms with Crippen LogP contribution in [-0.4, -0.2) is 16.1 Å². The number of carbonyl (C=O) groups is 1. The van der Waals surface area contributed by atoms with E-state index in [2.05, 4.69) is 20.9 Å². The van der Waals surface area contributed by atoms with Gasteiger partial charge in [-0.15, -0.1) is 0 Å². The first-order valence-electron chi connectivity index (χ1n) is 4.40.